The summed E-state index contributed by atoms with van der Waals surface area (Å²) in [6.45, 7) is 5.50. The molecule has 12 heteroatoms. The van der Waals surface area contributed by atoms with E-state index >= 15 is 0 Å². The number of ether oxygens (including phenoxy) is 2. The summed E-state index contributed by atoms with van der Waals surface area (Å²) < 4.78 is 27.5. The lowest BCUT2D eigenvalue weighted by molar-refractivity contribution is 0.0615. The van der Waals surface area contributed by atoms with Crippen LogP contribution in [-0.4, -0.2) is 68.9 Å². The highest BCUT2D eigenvalue weighted by molar-refractivity contribution is 5.72. The minimum Gasteiger partial charge on any atom is -0.441 e. The number of nitrogens with one attached hydrogen (secondary N) is 4. The van der Waals surface area contributed by atoms with Crippen molar-refractivity contribution in [3.8, 4) is 0 Å². The highest BCUT2D eigenvalue weighted by Gasteiger charge is 2.42. The van der Waals surface area contributed by atoms with E-state index in [9.17, 15) is 9.18 Å². The number of hydrogen-bond acceptors (Lipinski definition) is 8. The lowest BCUT2D eigenvalue weighted by Gasteiger charge is -2.22. The molecule has 182 valence electrons. The molecule has 0 spiro atoms. The molecule has 0 aliphatic carbocycles. The Morgan fingerprint density at radius 1 is 1.35 bits per heavy atom. The van der Waals surface area contributed by atoms with Gasteiger partial charge >= 0.3 is 6.09 Å². The summed E-state index contributed by atoms with van der Waals surface area (Å²) in [5.41, 5.74) is 2.23. The molecule has 0 radical (unpaired) electrons. The number of aromatic nitrogens is 5. The smallest absolute Gasteiger partial charge is 0.407 e. The van der Waals surface area contributed by atoms with Crippen LogP contribution in [0.1, 0.15) is 50.1 Å². The molecule has 5 rings (SSSR count). The Hall–Kier alpha value is -3.25. The molecule has 0 unspecified atom stereocenters. The van der Waals surface area contributed by atoms with E-state index in [2.05, 4.69) is 31.2 Å². The average Bonchev–Trinajstić information content (AvgIpc) is 3.55. The zero-order chi connectivity index (χ0) is 23.7. The van der Waals surface area contributed by atoms with Gasteiger partial charge < -0.3 is 25.4 Å². The van der Waals surface area contributed by atoms with Gasteiger partial charge in [-0.2, -0.15) is 10.2 Å². The van der Waals surface area contributed by atoms with Crippen molar-refractivity contribution in [2.24, 2.45) is 0 Å². The van der Waals surface area contributed by atoms with Gasteiger partial charge in [-0.3, -0.25) is 5.10 Å². The fourth-order valence-corrected chi connectivity index (χ4v) is 4.36. The van der Waals surface area contributed by atoms with Crippen LogP contribution in [0.3, 0.4) is 0 Å². The Bertz CT molecular complexity index is 1140. The van der Waals surface area contributed by atoms with Crippen LogP contribution in [0.25, 0.3) is 5.52 Å². The molecule has 0 aromatic carbocycles. The maximum Gasteiger partial charge on any atom is 0.407 e. The van der Waals surface area contributed by atoms with Gasteiger partial charge in [0.05, 0.1) is 30.4 Å². The van der Waals surface area contributed by atoms with Crippen molar-refractivity contribution < 1.29 is 18.7 Å². The molecule has 0 bridgehead atoms. The van der Waals surface area contributed by atoms with E-state index in [4.69, 9.17) is 14.5 Å². The van der Waals surface area contributed by atoms with Crippen molar-refractivity contribution in [1.82, 2.24) is 35.4 Å². The van der Waals surface area contributed by atoms with E-state index in [1.54, 1.807) is 26.1 Å². The van der Waals surface area contributed by atoms with Gasteiger partial charge in [-0.25, -0.2) is 18.7 Å². The van der Waals surface area contributed by atoms with E-state index in [0.717, 1.165) is 37.1 Å². The van der Waals surface area contributed by atoms with Gasteiger partial charge in [-0.05, 0) is 45.8 Å². The van der Waals surface area contributed by atoms with E-state index < -0.39 is 24.5 Å². The van der Waals surface area contributed by atoms with Gasteiger partial charge in [0.2, 0.25) is 0 Å². The van der Waals surface area contributed by atoms with E-state index in [-0.39, 0.29) is 12.6 Å². The van der Waals surface area contributed by atoms with Crippen LogP contribution in [0, 0.1) is 0 Å². The minimum atomic E-state index is -1.52. The first-order chi connectivity index (χ1) is 16.5. The van der Waals surface area contributed by atoms with Gasteiger partial charge in [0.25, 0.3) is 0 Å². The number of carbonyl (C=O) groups excluding carboxylic acids is 1. The molecule has 5 heterocycles. The number of alkyl carbamates (subject to hydrolysis) is 1. The summed E-state index contributed by atoms with van der Waals surface area (Å²) in [6, 6.07) is 3.45. The summed E-state index contributed by atoms with van der Waals surface area (Å²) in [5.74, 6) is 1.46. The Morgan fingerprint density at radius 3 is 2.97 bits per heavy atom. The van der Waals surface area contributed by atoms with Crippen molar-refractivity contribution in [2.45, 2.75) is 57.0 Å². The number of halogens is 1. The third kappa shape index (κ3) is 4.68. The number of aromatic amines is 1. The number of amides is 1. The second-order valence-corrected chi connectivity index (χ2v) is 8.97. The quantitative estimate of drug-likeness (QED) is 0.431. The molecule has 3 aromatic heterocycles. The predicted molar refractivity (Wildman–Crippen MR) is 122 cm³/mol. The number of fused-ring (bicyclic) bond motifs is 1. The van der Waals surface area contributed by atoms with Gasteiger partial charge in [0.15, 0.2) is 23.9 Å². The Balaban J connectivity index is 1.30. The molecule has 2 aliphatic heterocycles. The molecule has 0 saturated carbocycles. The van der Waals surface area contributed by atoms with Crippen LogP contribution >= 0.6 is 0 Å². The molecule has 4 N–H and O–H groups in total. The lowest BCUT2D eigenvalue weighted by atomic mass is 9.95. The molecule has 2 fully saturated rings. The molecule has 2 aliphatic rings. The number of anilines is 2. The Kier molecular flexibility index (Phi) is 6.33. The first kappa shape index (κ1) is 22.5. The van der Waals surface area contributed by atoms with Crippen molar-refractivity contribution in [2.75, 3.05) is 25.0 Å². The first-order valence-corrected chi connectivity index (χ1v) is 11.6. The summed E-state index contributed by atoms with van der Waals surface area (Å²) in [5, 5.41) is 20.7. The third-order valence-electron chi connectivity index (χ3n) is 6.07. The topological polar surface area (TPSA) is 130 Å². The molecule has 2 saturated heterocycles. The summed E-state index contributed by atoms with van der Waals surface area (Å²) in [7, 11) is 0. The van der Waals surface area contributed by atoms with Crippen LogP contribution in [0.5, 0.6) is 0 Å². The van der Waals surface area contributed by atoms with Gasteiger partial charge in [-0.15, -0.1) is 0 Å². The fraction of sp³-hybridized carbons (Fsp3) is 0.545. The second kappa shape index (κ2) is 9.55. The van der Waals surface area contributed by atoms with Gasteiger partial charge in [-0.1, -0.05) is 0 Å². The van der Waals surface area contributed by atoms with Crippen molar-refractivity contribution in [3.05, 3.63) is 35.9 Å². The highest BCUT2D eigenvalue weighted by Crippen LogP contribution is 2.34. The molecule has 34 heavy (non-hydrogen) atoms. The fourth-order valence-electron chi connectivity index (χ4n) is 4.36. The molecular formula is C22H29FN8O3. The summed E-state index contributed by atoms with van der Waals surface area (Å²) in [4.78, 5) is 16.7. The monoisotopic (exact) mass is 472 g/mol. The Labute approximate surface area is 195 Å². The van der Waals surface area contributed by atoms with Crippen LogP contribution in [0.15, 0.2) is 24.5 Å². The molecule has 3 aromatic rings. The van der Waals surface area contributed by atoms with Crippen LogP contribution in [0.2, 0.25) is 0 Å². The number of H-pyrrole nitrogens is 1. The van der Waals surface area contributed by atoms with Crippen LogP contribution in [-0.2, 0) is 9.47 Å². The minimum absolute atomic E-state index is 0.0323. The number of carbonyl (C=O) groups is 1. The van der Waals surface area contributed by atoms with Crippen LogP contribution in [0.4, 0.5) is 20.8 Å². The van der Waals surface area contributed by atoms with E-state index in [0.29, 0.717) is 23.2 Å². The maximum absolute atomic E-state index is 15.0. The molecular weight excluding hydrogens is 443 g/mol. The molecule has 11 nitrogen and oxygen atoms in total. The standard InChI is InChI=1S/C22H29FN8O3/c1-12(2)26-22(32)34-17-11-33-20(19(17)23)14-9-18(30-29-14)28-21-16-5-8-25-31(16)10-15(27-21)13-3-6-24-7-4-13/h5,8-10,12-13,17,19-20,24H,3-4,6-7,11H2,1-2H3,(H,26,32)(H2,27,28,29,30)/t17-,19-,20-/m0/s1. The van der Waals surface area contributed by atoms with Crippen molar-refractivity contribution >= 4 is 23.2 Å². The number of nitrogens with zero attached hydrogens (tertiary/aromatic N) is 4. The number of hydrogen-bond donors (Lipinski definition) is 4. The van der Waals surface area contributed by atoms with Gasteiger partial charge in [0, 0.05) is 18.0 Å². The Morgan fingerprint density at radius 2 is 2.18 bits per heavy atom. The summed E-state index contributed by atoms with van der Waals surface area (Å²) in [6.07, 6.45) is 1.64. The lowest BCUT2D eigenvalue weighted by Crippen LogP contribution is -2.36. The highest BCUT2D eigenvalue weighted by atomic mass is 19.1. The van der Waals surface area contributed by atoms with Crippen molar-refractivity contribution in [1.29, 1.82) is 0 Å². The van der Waals surface area contributed by atoms with E-state index in [1.165, 1.54) is 0 Å². The number of rotatable bonds is 6. The maximum atomic E-state index is 15.0. The summed E-state index contributed by atoms with van der Waals surface area (Å²) >= 11 is 0. The second-order valence-electron chi connectivity index (χ2n) is 8.97. The third-order valence-corrected chi connectivity index (χ3v) is 6.07. The first-order valence-electron chi connectivity index (χ1n) is 11.6. The molecule has 3 atom stereocenters. The SMILES string of the molecule is CC(C)NC(=O)O[C@H]1CO[C@@H](c2cc(Nc3nc(C4CCNCC4)cn4nccc34)n[nH]2)[C@H]1F. The molecule has 1 amide bonds. The average molecular weight is 473 g/mol. The zero-order valence-electron chi connectivity index (χ0n) is 19.1. The van der Waals surface area contributed by atoms with E-state index in [1.807, 2.05) is 16.8 Å². The number of alkyl halides is 1. The van der Waals surface area contributed by atoms with Crippen molar-refractivity contribution in [3.63, 3.8) is 0 Å². The predicted octanol–water partition coefficient (Wildman–Crippen LogP) is 2.58. The normalized spacial score (nSPS) is 23.5. The number of piperidine rings is 1. The zero-order valence-corrected chi connectivity index (χ0v) is 19.1. The van der Waals surface area contributed by atoms with Crippen LogP contribution < -0.4 is 16.0 Å². The van der Waals surface area contributed by atoms with Gasteiger partial charge in [0.1, 0.15) is 11.6 Å². The largest absolute Gasteiger partial charge is 0.441 e.